The molecule has 0 bridgehead atoms. The van der Waals surface area contributed by atoms with E-state index in [1.165, 1.54) is 0 Å². The number of benzene rings is 1. The van der Waals surface area contributed by atoms with Crippen LogP contribution in [-0.2, 0) is 10.2 Å². The summed E-state index contributed by atoms with van der Waals surface area (Å²) in [5.41, 5.74) is 0.716. The van der Waals surface area contributed by atoms with Crippen LogP contribution in [0.3, 0.4) is 0 Å². The maximum absolute atomic E-state index is 12.1. The van der Waals surface area contributed by atoms with Gasteiger partial charge in [0.05, 0.1) is 5.41 Å². The molecule has 1 amide bonds. The number of ether oxygens (including phenoxy) is 1. The van der Waals surface area contributed by atoms with E-state index in [-0.39, 0.29) is 24.5 Å². The Morgan fingerprint density at radius 2 is 2.08 bits per heavy atom. The maximum Gasteiger partial charge on any atom is 0.234 e. The van der Waals surface area contributed by atoms with Crippen LogP contribution in [0.2, 0.25) is 0 Å². The Labute approximate surface area is 143 Å². The van der Waals surface area contributed by atoms with E-state index in [0.717, 1.165) is 11.3 Å². The summed E-state index contributed by atoms with van der Waals surface area (Å²) in [6.07, 6.45) is -0.677. The average Bonchev–Trinajstić information content (AvgIpc) is 2.75. The summed E-state index contributed by atoms with van der Waals surface area (Å²) >= 11 is 0. The second-order valence-corrected chi connectivity index (χ2v) is 7.68. The molecule has 1 heterocycles. The van der Waals surface area contributed by atoms with E-state index in [2.05, 4.69) is 10.6 Å². The van der Waals surface area contributed by atoms with Crippen molar-refractivity contribution < 1.29 is 19.7 Å². The van der Waals surface area contributed by atoms with Crippen LogP contribution < -0.4 is 15.4 Å². The van der Waals surface area contributed by atoms with Crippen molar-refractivity contribution in [2.24, 2.45) is 5.41 Å². The van der Waals surface area contributed by atoms with Crippen LogP contribution >= 0.6 is 0 Å². The van der Waals surface area contributed by atoms with Crippen LogP contribution in [0, 0.1) is 5.41 Å². The second kappa shape index (κ2) is 7.09. The molecule has 134 valence electrons. The number of fused-ring (bicyclic) bond motifs is 1. The number of carbonyl (C=O) groups excluding carboxylic acids is 1. The van der Waals surface area contributed by atoms with Crippen molar-refractivity contribution in [1.82, 2.24) is 5.32 Å². The number of hydrogen-bond acceptors (Lipinski definition) is 5. The molecule has 0 spiro atoms. The third kappa shape index (κ3) is 4.06. The summed E-state index contributed by atoms with van der Waals surface area (Å²) in [4.78, 5) is 12.1. The molecular weight excluding hydrogens is 308 g/mol. The summed E-state index contributed by atoms with van der Waals surface area (Å²) in [6.45, 7) is 8.80. The van der Waals surface area contributed by atoms with Gasteiger partial charge in [-0.25, -0.2) is 0 Å². The second-order valence-electron chi connectivity index (χ2n) is 7.68. The van der Waals surface area contributed by atoms with Gasteiger partial charge < -0.3 is 25.6 Å². The molecule has 0 saturated carbocycles. The van der Waals surface area contributed by atoms with Crippen molar-refractivity contribution >= 4 is 11.6 Å². The number of anilines is 1. The smallest absolute Gasteiger partial charge is 0.234 e. The number of aliphatic hydroxyl groups excluding tert-OH is 2. The summed E-state index contributed by atoms with van der Waals surface area (Å²) in [5, 5.41) is 25.3. The first-order chi connectivity index (χ1) is 11.2. The minimum atomic E-state index is -0.677. The molecule has 6 heteroatoms. The van der Waals surface area contributed by atoms with Crippen LogP contribution in [0.5, 0.6) is 5.75 Å². The van der Waals surface area contributed by atoms with Gasteiger partial charge in [0.2, 0.25) is 5.91 Å². The van der Waals surface area contributed by atoms with Crippen LogP contribution in [0.1, 0.15) is 33.3 Å². The van der Waals surface area contributed by atoms with Gasteiger partial charge in [-0.3, -0.25) is 4.79 Å². The fraction of sp³-hybridized carbons (Fsp3) is 0.611. The van der Waals surface area contributed by atoms with Gasteiger partial charge in [0.25, 0.3) is 0 Å². The van der Waals surface area contributed by atoms with Crippen LogP contribution in [0.4, 0.5) is 5.69 Å². The topological polar surface area (TPSA) is 90.8 Å². The van der Waals surface area contributed by atoms with E-state index in [1.807, 2.05) is 45.9 Å². The predicted octanol–water partition coefficient (Wildman–Crippen LogP) is 1.26. The number of aliphatic hydroxyl groups is 2. The first kappa shape index (κ1) is 18.7. The van der Waals surface area contributed by atoms with Gasteiger partial charge in [-0.1, -0.05) is 19.9 Å². The molecule has 0 radical (unpaired) electrons. The Kier molecular flexibility index (Phi) is 5.52. The third-order valence-corrected chi connectivity index (χ3v) is 4.31. The summed E-state index contributed by atoms with van der Waals surface area (Å²) in [7, 11) is 0. The van der Waals surface area contributed by atoms with Crippen molar-refractivity contribution in [3.63, 3.8) is 0 Å². The molecular formula is C18H28N2O4. The molecule has 1 atom stereocenters. The minimum Gasteiger partial charge on any atom is -0.490 e. The van der Waals surface area contributed by atoms with E-state index in [0.29, 0.717) is 18.8 Å². The fourth-order valence-electron chi connectivity index (χ4n) is 2.67. The van der Waals surface area contributed by atoms with Crippen molar-refractivity contribution in [2.45, 2.75) is 39.2 Å². The van der Waals surface area contributed by atoms with Crippen molar-refractivity contribution in [3.8, 4) is 5.75 Å². The molecule has 2 rings (SSSR count). The van der Waals surface area contributed by atoms with Gasteiger partial charge in [-0.2, -0.15) is 0 Å². The molecule has 1 unspecified atom stereocenters. The van der Waals surface area contributed by atoms with Crippen LogP contribution in [-0.4, -0.2) is 48.5 Å². The van der Waals surface area contributed by atoms with Crippen molar-refractivity contribution in [2.75, 3.05) is 31.6 Å². The monoisotopic (exact) mass is 336 g/mol. The van der Waals surface area contributed by atoms with Crippen LogP contribution in [0.25, 0.3) is 0 Å². The standard InChI is InChI=1S/C18H28N2O4/c1-17(2,11-21)10-19-8-12(22)9-24-14-7-5-6-13-15(14)18(3,4)16(23)20-13/h5-7,12,19,21-22H,8-11H2,1-4H3,(H,20,23). The van der Waals surface area contributed by atoms with Gasteiger partial charge in [0.1, 0.15) is 18.5 Å². The number of amides is 1. The van der Waals surface area contributed by atoms with E-state index in [1.54, 1.807) is 0 Å². The van der Waals surface area contributed by atoms with E-state index >= 15 is 0 Å². The quantitative estimate of drug-likeness (QED) is 0.574. The number of hydrogen-bond donors (Lipinski definition) is 4. The molecule has 1 aromatic carbocycles. The minimum absolute atomic E-state index is 0.0537. The lowest BCUT2D eigenvalue weighted by molar-refractivity contribution is -0.119. The number of nitrogens with one attached hydrogen (secondary N) is 2. The Morgan fingerprint density at radius 1 is 1.38 bits per heavy atom. The molecule has 24 heavy (non-hydrogen) atoms. The Bertz CT molecular complexity index is 599. The summed E-state index contributed by atoms with van der Waals surface area (Å²) in [6, 6.07) is 5.49. The van der Waals surface area contributed by atoms with Crippen LogP contribution in [0.15, 0.2) is 18.2 Å². The SMILES string of the molecule is CC(C)(CO)CNCC(O)COc1cccc2c1C(C)(C)C(=O)N2. The highest BCUT2D eigenvalue weighted by Crippen LogP contribution is 2.43. The maximum atomic E-state index is 12.1. The van der Waals surface area contributed by atoms with E-state index < -0.39 is 11.5 Å². The van der Waals surface area contributed by atoms with Gasteiger partial charge in [0, 0.05) is 36.4 Å². The molecule has 6 nitrogen and oxygen atoms in total. The largest absolute Gasteiger partial charge is 0.490 e. The normalized spacial score (nSPS) is 17.3. The Balaban J connectivity index is 1.92. The zero-order chi connectivity index (χ0) is 18.0. The molecule has 4 N–H and O–H groups in total. The highest BCUT2D eigenvalue weighted by molar-refractivity contribution is 6.06. The lowest BCUT2D eigenvalue weighted by Crippen LogP contribution is -2.38. The molecule has 0 fully saturated rings. The first-order valence-electron chi connectivity index (χ1n) is 8.25. The highest BCUT2D eigenvalue weighted by atomic mass is 16.5. The van der Waals surface area contributed by atoms with Gasteiger partial charge in [0.15, 0.2) is 0 Å². The molecule has 1 aliphatic rings. The lowest BCUT2D eigenvalue weighted by Gasteiger charge is -2.23. The summed E-state index contributed by atoms with van der Waals surface area (Å²) < 4.78 is 5.77. The molecule has 0 aliphatic carbocycles. The fourth-order valence-corrected chi connectivity index (χ4v) is 2.67. The van der Waals surface area contributed by atoms with E-state index in [9.17, 15) is 15.0 Å². The van der Waals surface area contributed by atoms with Crippen molar-refractivity contribution in [3.05, 3.63) is 23.8 Å². The zero-order valence-corrected chi connectivity index (χ0v) is 14.8. The Hall–Kier alpha value is -1.63. The third-order valence-electron chi connectivity index (χ3n) is 4.31. The number of carbonyl (C=O) groups is 1. The van der Waals surface area contributed by atoms with E-state index in [4.69, 9.17) is 4.74 Å². The zero-order valence-electron chi connectivity index (χ0n) is 14.8. The van der Waals surface area contributed by atoms with Gasteiger partial charge in [-0.15, -0.1) is 0 Å². The molecule has 1 aromatic rings. The van der Waals surface area contributed by atoms with Crippen molar-refractivity contribution in [1.29, 1.82) is 0 Å². The molecule has 0 aromatic heterocycles. The highest BCUT2D eigenvalue weighted by Gasteiger charge is 2.40. The molecule has 0 saturated heterocycles. The first-order valence-corrected chi connectivity index (χ1v) is 8.25. The molecule has 1 aliphatic heterocycles. The Morgan fingerprint density at radius 3 is 2.75 bits per heavy atom. The predicted molar refractivity (Wildman–Crippen MR) is 93.3 cm³/mol. The van der Waals surface area contributed by atoms with Gasteiger partial charge in [-0.05, 0) is 26.0 Å². The van der Waals surface area contributed by atoms with Gasteiger partial charge >= 0.3 is 0 Å². The lowest BCUT2D eigenvalue weighted by atomic mass is 9.85. The summed E-state index contributed by atoms with van der Waals surface area (Å²) in [5.74, 6) is 0.563. The average molecular weight is 336 g/mol. The number of rotatable bonds is 8.